The number of amides is 1. The minimum absolute atomic E-state index is 0.344. The molecule has 6 nitrogen and oxygen atoms in total. The van der Waals surface area contributed by atoms with E-state index in [2.05, 4.69) is 10.1 Å². The Kier molecular flexibility index (Phi) is 4.79. The van der Waals surface area contributed by atoms with Crippen LogP contribution >= 0.6 is 0 Å². The summed E-state index contributed by atoms with van der Waals surface area (Å²) in [5.74, 6) is 0. The zero-order valence-electron chi connectivity index (χ0n) is 11.1. The monoisotopic (exact) mass is 258 g/mol. The van der Waals surface area contributed by atoms with Crippen LogP contribution in [0, 0.1) is 0 Å². The lowest BCUT2D eigenvalue weighted by Gasteiger charge is -2.45. The first-order valence-corrected chi connectivity index (χ1v) is 6.72. The minimum atomic E-state index is -0.344. The number of unbranched alkanes of at least 4 members (excludes halogenated alkanes) is 1. The molecule has 1 saturated carbocycles. The highest BCUT2D eigenvalue weighted by Crippen LogP contribution is 2.44. The number of nitrogens with zero attached hydrogens (tertiary/aromatic N) is 1. The molecule has 1 aliphatic carbocycles. The highest BCUT2D eigenvalue weighted by molar-refractivity contribution is 5.66. The minimum Gasteiger partial charge on any atom is -0.450 e. The number of carbonyl (C=O) groups is 1. The molecule has 3 heterocycles. The SMILES string of the molecule is C1CC2CC3C1OON23.CCCCOC(=O)NC. The van der Waals surface area contributed by atoms with Crippen molar-refractivity contribution in [2.24, 2.45) is 0 Å². The van der Waals surface area contributed by atoms with Gasteiger partial charge in [0.1, 0.15) is 6.10 Å². The van der Waals surface area contributed by atoms with Gasteiger partial charge in [-0.3, -0.25) is 0 Å². The number of hydroxylamine groups is 2. The second-order valence-corrected chi connectivity index (χ2v) is 4.84. The highest BCUT2D eigenvalue weighted by atomic mass is 17.3. The summed E-state index contributed by atoms with van der Waals surface area (Å²) >= 11 is 0. The predicted octanol–water partition coefficient (Wildman–Crippen LogP) is 1.61. The lowest BCUT2D eigenvalue weighted by molar-refractivity contribution is -0.399. The molecule has 0 radical (unpaired) electrons. The molecule has 18 heavy (non-hydrogen) atoms. The maximum absolute atomic E-state index is 10.4. The zero-order valence-corrected chi connectivity index (χ0v) is 11.1. The third kappa shape index (κ3) is 2.93. The molecule has 4 fully saturated rings. The second-order valence-electron chi connectivity index (χ2n) is 4.84. The molecule has 0 spiro atoms. The molecule has 4 rings (SSSR count). The highest BCUT2D eigenvalue weighted by Gasteiger charge is 2.54. The van der Waals surface area contributed by atoms with E-state index in [1.54, 1.807) is 7.05 Å². The van der Waals surface area contributed by atoms with Crippen molar-refractivity contribution in [2.45, 2.75) is 57.2 Å². The first-order chi connectivity index (χ1) is 8.76. The van der Waals surface area contributed by atoms with E-state index in [-0.39, 0.29) is 6.09 Å². The topological polar surface area (TPSA) is 60.0 Å². The molecule has 1 N–H and O–H groups in total. The lowest BCUT2D eigenvalue weighted by atomic mass is 9.80. The standard InChI is InChI=1S/C6H9NO2.C6H13NO2/c1-2-6-5-3-4(1)7(5)9-8-6;1-3-4-5-9-6(8)7-2/h4-6H,1-3H2;3-5H2,1-2H3,(H,7,8). The number of hydrogen-bond donors (Lipinski definition) is 1. The van der Waals surface area contributed by atoms with Gasteiger partial charge >= 0.3 is 6.09 Å². The van der Waals surface area contributed by atoms with Crippen LogP contribution in [0.3, 0.4) is 0 Å². The number of hydrogen-bond acceptors (Lipinski definition) is 5. The van der Waals surface area contributed by atoms with Crippen molar-refractivity contribution in [2.75, 3.05) is 13.7 Å². The van der Waals surface area contributed by atoms with Crippen molar-refractivity contribution in [3.05, 3.63) is 0 Å². The molecule has 4 bridgehead atoms. The van der Waals surface area contributed by atoms with E-state index in [0.717, 1.165) is 12.8 Å². The molecule has 0 aromatic rings. The van der Waals surface area contributed by atoms with E-state index >= 15 is 0 Å². The number of alkyl carbamates (subject to hydrolysis) is 1. The number of piperidine rings is 1. The summed E-state index contributed by atoms with van der Waals surface area (Å²) in [6.07, 6.45) is 5.81. The molecule has 104 valence electrons. The van der Waals surface area contributed by atoms with Crippen molar-refractivity contribution in [1.29, 1.82) is 0 Å². The Bertz CT molecular complexity index is 269. The number of carbonyl (C=O) groups excluding carboxylic acids is 1. The van der Waals surface area contributed by atoms with Gasteiger partial charge in [-0.05, 0) is 25.7 Å². The third-order valence-corrected chi connectivity index (χ3v) is 3.60. The largest absolute Gasteiger partial charge is 0.450 e. The summed E-state index contributed by atoms with van der Waals surface area (Å²) in [4.78, 5) is 20.4. The van der Waals surface area contributed by atoms with Gasteiger partial charge in [-0.1, -0.05) is 13.3 Å². The van der Waals surface area contributed by atoms with Gasteiger partial charge in [0.25, 0.3) is 0 Å². The molecule has 4 aliphatic rings. The average molecular weight is 258 g/mol. The molecule has 1 amide bonds. The van der Waals surface area contributed by atoms with E-state index in [9.17, 15) is 4.79 Å². The Morgan fingerprint density at radius 3 is 2.89 bits per heavy atom. The van der Waals surface area contributed by atoms with E-state index in [4.69, 9.17) is 9.88 Å². The Labute approximate surface area is 107 Å². The molecule has 4 atom stereocenters. The normalized spacial score (nSPS) is 35.0. The molecule has 3 aliphatic heterocycles. The van der Waals surface area contributed by atoms with Crippen molar-refractivity contribution in [3.8, 4) is 0 Å². The van der Waals surface area contributed by atoms with Crippen LogP contribution in [0.2, 0.25) is 0 Å². The van der Waals surface area contributed by atoms with Crippen LogP contribution < -0.4 is 5.32 Å². The Hall–Kier alpha value is -0.850. The Balaban J connectivity index is 0.000000134. The van der Waals surface area contributed by atoms with E-state index in [1.165, 1.54) is 19.3 Å². The van der Waals surface area contributed by atoms with E-state index in [0.29, 0.717) is 24.8 Å². The first-order valence-electron chi connectivity index (χ1n) is 6.72. The van der Waals surface area contributed by atoms with Crippen LogP contribution in [-0.2, 0) is 14.6 Å². The van der Waals surface area contributed by atoms with Crippen LogP contribution in [0.15, 0.2) is 0 Å². The maximum Gasteiger partial charge on any atom is 0.406 e. The van der Waals surface area contributed by atoms with Crippen molar-refractivity contribution in [3.63, 3.8) is 0 Å². The summed E-state index contributed by atoms with van der Waals surface area (Å²) < 4.78 is 4.68. The molecular formula is C12H22N2O4. The number of ether oxygens (including phenoxy) is 1. The van der Waals surface area contributed by atoms with Crippen LogP contribution in [0.4, 0.5) is 4.79 Å². The summed E-state index contributed by atoms with van der Waals surface area (Å²) in [6, 6.07) is 1.30. The molecule has 3 saturated heterocycles. The lowest BCUT2D eigenvalue weighted by Crippen LogP contribution is -2.58. The van der Waals surface area contributed by atoms with Gasteiger partial charge in [-0.25, -0.2) is 9.68 Å². The molecule has 4 unspecified atom stereocenters. The van der Waals surface area contributed by atoms with E-state index < -0.39 is 0 Å². The quantitative estimate of drug-likeness (QED) is 0.615. The molecule has 0 aromatic carbocycles. The van der Waals surface area contributed by atoms with Crippen molar-refractivity contribution < 1.29 is 19.4 Å². The number of fused-ring (bicyclic) bond motifs is 1. The van der Waals surface area contributed by atoms with Gasteiger partial charge in [0, 0.05) is 13.1 Å². The molecule has 0 aromatic heterocycles. The summed E-state index contributed by atoms with van der Waals surface area (Å²) in [7, 11) is 1.55. The average Bonchev–Trinajstić information content (AvgIpc) is 2.60. The molecule has 6 heteroatoms. The zero-order chi connectivity index (χ0) is 13.0. The number of rotatable bonds is 3. The van der Waals surface area contributed by atoms with Crippen molar-refractivity contribution >= 4 is 6.09 Å². The van der Waals surface area contributed by atoms with Gasteiger partial charge in [-0.15, -0.1) is 10.1 Å². The number of nitrogens with one attached hydrogen (secondary N) is 1. The predicted molar refractivity (Wildman–Crippen MR) is 64.5 cm³/mol. The fourth-order valence-electron chi connectivity index (χ4n) is 2.44. The van der Waals surface area contributed by atoms with Gasteiger partial charge in [0.05, 0.1) is 12.6 Å². The maximum atomic E-state index is 10.4. The Morgan fingerprint density at radius 1 is 1.50 bits per heavy atom. The summed E-state index contributed by atoms with van der Waals surface area (Å²) in [5.41, 5.74) is 0. The van der Waals surface area contributed by atoms with Crippen LogP contribution in [0.25, 0.3) is 0 Å². The Morgan fingerprint density at radius 2 is 2.33 bits per heavy atom. The van der Waals surface area contributed by atoms with E-state index in [1.807, 2.05) is 12.0 Å². The summed E-state index contributed by atoms with van der Waals surface area (Å²) in [5, 5.41) is 4.37. The molecular weight excluding hydrogens is 236 g/mol. The van der Waals surface area contributed by atoms with Gasteiger partial charge in [0.15, 0.2) is 0 Å². The second kappa shape index (κ2) is 6.36. The van der Waals surface area contributed by atoms with Crippen LogP contribution in [-0.4, -0.2) is 43.0 Å². The summed E-state index contributed by atoms with van der Waals surface area (Å²) in [6.45, 7) is 2.57. The smallest absolute Gasteiger partial charge is 0.406 e. The third-order valence-electron chi connectivity index (χ3n) is 3.60. The first kappa shape index (κ1) is 13.6. The van der Waals surface area contributed by atoms with Crippen LogP contribution in [0.5, 0.6) is 0 Å². The van der Waals surface area contributed by atoms with Crippen molar-refractivity contribution in [1.82, 2.24) is 10.4 Å². The van der Waals surface area contributed by atoms with Crippen LogP contribution in [0.1, 0.15) is 39.0 Å². The van der Waals surface area contributed by atoms with Gasteiger partial charge < -0.3 is 10.1 Å². The fraction of sp³-hybridized carbons (Fsp3) is 0.917. The van der Waals surface area contributed by atoms with Gasteiger partial charge in [-0.2, -0.15) is 0 Å². The fourth-order valence-corrected chi connectivity index (χ4v) is 2.44. The van der Waals surface area contributed by atoms with Gasteiger partial charge in [0.2, 0.25) is 0 Å².